The highest BCUT2D eigenvalue weighted by molar-refractivity contribution is 5.95. The van der Waals surface area contributed by atoms with Crippen molar-refractivity contribution in [2.24, 2.45) is 0 Å². The summed E-state index contributed by atoms with van der Waals surface area (Å²) in [6.07, 6.45) is 3.34. The number of aliphatic hydroxyl groups excluding tert-OH is 1. The molecule has 0 bridgehead atoms. The fourth-order valence-corrected chi connectivity index (χ4v) is 1.56. The third kappa shape index (κ3) is 3.38. The van der Waals surface area contributed by atoms with Gasteiger partial charge in [0.25, 0.3) is 5.91 Å². The number of aryl methyl sites for hydroxylation is 1. The molecule has 0 saturated heterocycles. The molecule has 4 heteroatoms. The van der Waals surface area contributed by atoms with Gasteiger partial charge in [-0.3, -0.25) is 4.79 Å². The van der Waals surface area contributed by atoms with Gasteiger partial charge in [0.05, 0.1) is 17.9 Å². The number of aliphatic hydroxyl groups is 1. The predicted molar refractivity (Wildman–Crippen MR) is 61.3 cm³/mol. The van der Waals surface area contributed by atoms with E-state index >= 15 is 0 Å². The van der Waals surface area contributed by atoms with E-state index in [2.05, 4.69) is 5.32 Å². The maximum atomic E-state index is 11.7. The molecule has 1 aromatic heterocycles. The van der Waals surface area contributed by atoms with Crippen LogP contribution in [0.25, 0.3) is 0 Å². The van der Waals surface area contributed by atoms with E-state index in [0.29, 0.717) is 30.7 Å². The summed E-state index contributed by atoms with van der Waals surface area (Å²) in [7, 11) is 0. The highest BCUT2D eigenvalue weighted by atomic mass is 16.3. The molecule has 0 aliphatic heterocycles. The summed E-state index contributed by atoms with van der Waals surface area (Å²) in [6.45, 7) is 4.22. The Bertz CT molecular complexity index is 333. The van der Waals surface area contributed by atoms with Gasteiger partial charge in [-0.2, -0.15) is 0 Å². The third-order valence-electron chi connectivity index (χ3n) is 2.43. The first-order valence-electron chi connectivity index (χ1n) is 5.71. The van der Waals surface area contributed by atoms with Crippen LogP contribution in [0.5, 0.6) is 0 Å². The minimum absolute atomic E-state index is 0.180. The molecule has 1 unspecified atom stereocenters. The van der Waals surface area contributed by atoms with Crippen LogP contribution in [-0.4, -0.2) is 23.7 Å². The van der Waals surface area contributed by atoms with E-state index in [0.717, 1.165) is 6.42 Å². The quantitative estimate of drug-likeness (QED) is 0.775. The zero-order valence-electron chi connectivity index (χ0n) is 9.82. The van der Waals surface area contributed by atoms with Crippen molar-refractivity contribution in [1.29, 1.82) is 0 Å². The summed E-state index contributed by atoms with van der Waals surface area (Å²) in [5.74, 6) is 0.503. The minimum Gasteiger partial charge on any atom is -0.469 e. The lowest BCUT2D eigenvalue weighted by Gasteiger charge is -2.10. The maximum Gasteiger partial charge on any atom is 0.254 e. The lowest BCUT2D eigenvalue weighted by Crippen LogP contribution is -2.32. The molecule has 4 nitrogen and oxygen atoms in total. The molecule has 0 saturated carbocycles. The Hall–Kier alpha value is -1.29. The van der Waals surface area contributed by atoms with Gasteiger partial charge in [-0.25, -0.2) is 0 Å². The van der Waals surface area contributed by atoms with E-state index in [4.69, 9.17) is 4.42 Å². The number of hydrogen-bond acceptors (Lipinski definition) is 3. The van der Waals surface area contributed by atoms with Crippen molar-refractivity contribution in [3.63, 3.8) is 0 Å². The molecule has 16 heavy (non-hydrogen) atoms. The van der Waals surface area contributed by atoms with Crippen molar-refractivity contribution >= 4 is 5.91 Å². The largest absolute Gasteiger partial charge is 0.469 e. The van der Waals surface area contributed by atoms with Crippen LogP contribution >= 0.6 is 0 Å². The molecule has 1 aromatic rings. The maximum absolute atomic E-state index is 11.7. The van der Waals surface area contributed by atoms with Gasteiger partial charge in [-0.05, 0) is 12.5 Å². The Labute approximate surface area is 95.7 Å². The monoisotopic (exact) mass is 225 g/mol. The Balaban J connectivity index is 2.46. The second-order valence-electron chi connectivity index (χ2n) is 3.76. The number of hydrogen-bond donors (Lipinski definition) is 2. The first-order valence-corrected chi connectivity index (χ1v) is 5.71. The fourth-order valence-electron chi connectivity index (χ4n) is 1.56. The van der Waals surface area contributed by atoms with Gasteiger partial charge in [0.15, 0.2) is 0 Å². The number of carbonyl (C=O) groups is 1. The van der Waals surface area contributed by atoms with Crippen molar-refractivity contribution in [3.05, 3.63) is 23.7 Å². The molecule has 2 N–H and O–H groups in total. The average Bonchev–Trinajstić information content (AvgIpc) is 2.74. The fraction of sp³-hybridized carbons (Fsp3) is 0.583. The van der Waals surface area contributed by atoms with E-state index in [-0.39, 0.29) is 5.91 Å². The highest BCUT2D eigenvalue weighted by Gasteiger charge is 2.13. The van der Waals surface area contributed by atoms with E-state index in [9.17, 15) is 9.90 Å². The van der Waals surface area contributed by atoms with Crippen LogP contribution in [0.4, 0.5) is 0 Å². The SMILES string of the molecule is CCCC(O)CNC(=O)c1ccoc1CC. The number of furan rings is 1. The molecule has 0 aromatic carbocycles. The number of rotatable bonds is 6. The molecular weight excluding hydrogens is 206 g/mol. The lowest BCUT2D eigenvalue weighted by atomic mass is 10.2. The second-order valence-corrected chi connectivity index (χ2v) is 3.76. The summed E-state index contributed by atoms with van der Waals surface area (Å²) in [5, 5.41) is 12.2. The molecule has 0 radical (unpaired) electrons. The van der Waals surface area contributed by atoms with Crippen LogP contribution in [0, 0.1) is 0 Å². The van der Waals surface area contributed by atoms with E-state index in [1.165, 1.54) is 6.26 Å². The zero-order chi connectivity index (χ0) is 12.0. The molecule has 0 aliphatic rings. The number of nitrogens with one attached hydrogen (secondary N) is 1. The summed E-state index contributed by atoms with van der Waals surface area (Å²) in [6, 6.07) is 1.65. The first kappa shape index (κ1) is 12.8. The summed E-state index contributed by atoms with van der Waals surface area (Å²) in [4.78, 5) is 11.7. The summed E-state index contributed by atoms with van der Waals surface area (Å²) < 4.78 is 5.17. The highest BCUT2D eigenvalue weighted by Crippen LogP contribution is 2.10. The van der Waals surface area contributed by atoms with Crippen molar-refractivity contribution in [1.82, 2.24) is 5.32 Å². The molecule has 0 fully saturated rings. The van der Waals surface area contributed by atoms with Crippen LogP contribution in [0.3, 0.4) is 0 Å². The Kier molecular flexibility index (Phi) is 5.05. The van der Waals surface area contributed by atoms with Crippen LogP contribution in [0.15, 0.2) is 16.7 Å². The third-order valence-corrected chi connectivity index (χ3v) is 2.43. The molecule has 0 spiro atoms. The first-order chi connectivity index (χ1) is 7.69. The zero-order valence-corrected chi connectivity index (χ0v) is 9.82. The van der Waals surface area contributed by atoms with Crippen molar-refractivity contribution < 1.29 is 14.3 Å². The predicted octanol–water partition coefficient (Wildman–Crippen LogP) is 1.73. The van der Waals surface area contributed by atoms with Gasteiger partial charge >= 0.3 is 0 Å². The Morgan fingerprint density at radius 1 is 1.56 bits per heavy atom. The number of carbonyl (C=O) groups excluding carboxylic acids is 1. The lowest BCUT2D eigenvalue weighted by molar-refractivity contribution is 0.0908. The topological polar surface area (TPSA) is 62.5 Å². The average molecular weight is 225 g/mol. The van der Waals surface area contributed by atoms with Gasteiger partial charge in [-0.15, -0.1) is 0 Å². The molecule has 1 rings (SSSR count). The van der Waals surface area contributed by atoms with Crippen molar-refractivity contribution in [2.45, 2.75) is 39.2 Å². The van der Waals surface area contributed by atoms with Crippen LogP contribution in [0.2, 0.25) is 0 Å². The van der Waals surface area contributed by atoms with Gasteiger partial charge in [0.2, 0.25) is 0 Å². The molecule has 1 heterocycles. The molecule has 1 amide bonds. The number of amides is 1. The molecular formula is C12H19NO3. The summed E-state index contributed by atoms with van der Waals surface area (Å²) >= 11 is 0. The van der Waals surface area contributed by atoms with E-state index < -0.39 is 6.10 Å². The normalized spacial score (nSPS) is 12.4. The van der Waals surface area contributed by atoms with E-state index in [1.807, 2.05) is 13.8 Å². The van der Waals surface area contributed by atoms with Crippen LogP contribution < -0.4 is 5.32 Å². The minimum atomic E-state index is -0.467. The standard InChI is InChI=1S/C12H19NO3/c1-3-5-9(14)8-13-12(15)10-6-7-16-11(10)4-2/h6-7,9,14H,3-5,8H2,1-2H3,(H,13,15). The second kappa shape index (κ2) is 6.33. The summed E-state index contributed by atoms with van der Waals surface area (Å²) in [5.41, 5.74) is 0.561. The Morgan fingerprint density at radius 3 is 2.94 bits per heavy atom. The van der Waals surface area contributed by atoms with Crippen LogP contribution in [-0.2, 0) is 6.42 Å². The Morgan fingerprint density at radius 2 is 2.31 bits per heavy atom. The van der Waals surface area contributed by atoms with Crippen molar-refractivity contribution in [2.75, 3.05) is 6.54 Å². The van der Waals surface area contributed by atoms with Crippen LogP contribution in [0.1, 0.15) is 42.8 Å². The molecule has 0 aliphatic carbocycles. The van der Waals surface area contributed by atoms with Gasteiger partial charge < -0.3 is 14.8 Å². The van der Waals surface area contributed by atoms with Gasteiger partial charge in [0, 0.05) is 13.0 Å². The molecule has 90 valence electrons. The smallest absolute Gasteiger partial charge is 0.254 e. The van der Waals surface area contributed by atoms with Gasteiger partial charge in [-0.1, -0.05) is 20.3 Å². The van der Waals surface area contributed by atoms with Crippen molar-refractivity contribution in [3.8, 4) is 0 Å². The van der Waals surface area contributed by atoms with Gasteiger partial charge in [0.1, 0.15) is 5.76 Å². The van der Waals surface area contributed by atoms with E-state index in [1.54, 1.807) is 6.07 Å². The molecule has 1 atom stereocenters.